The summed E-state index contributed by atoms with van der Waals surface area (Å²) < 4.78 is 0. The van der Waals surface area contributed by atoms with Crippen LogP contribution in [-0.4, -0.2) is 75.8 Å². The second-order valence-electron chi connectivity index (χ2n) is 12.0. The molecule has 3 fully saturated rings. The van der Waals surface area contributed by atoms with Gasteiger partial charge in [-0.05, 0) is 56.7 Å². The first-order chi connectivity index (χ1) is 18.4. The quantitative estimate of drug-likeness (QED) is 0.557. The van der Waals surface area contributed by atoms with E-state index >= 15 is 0 Å². The molecule has 7 nitrogen and oxygen atoms in total. The maximum absolute atomic E-state index is 13.2. The molecule has 1 saturated carbocycles. The second kappa shape index (κ2) is 10.3. The number of likely N-dealkylation sites (tertiary alicyclic amines) is 2. The number of carbonyl (C=O) groups excluding carboxylic acids is 2. The van der Waals surface area contributed by atoms with Crippen molar-refractivity contribution in [1.29, 1.82) is 0 Å². The van der Waals surface area contributed by atoms with Crippen molar-refractivity contribution in [2.45, 2.75) is 57.8 Å². The molecule has 0 spiro atoms. The lowest BCUT2D eigenvalue weighted by atomic mass is 9.71. The molecule has 1 atom stereocenters. The summed E-state index contributed by atoms with van der Waals surface area (Å²) >= 11 is 0. The van der Waals surface area contributed by atoms with Crippen molar-refractivity contribution < 1.29 is 9.59 Å². The van der Waals surface area contributed by atoms with E-state index in [1.165, 1.54) is 43.1 Å². The van der Waals surface area contributed by atoms with Crippen molar-refractivity contribution in [3.63, 3.8) is 0 Å². The molecule has 0 bridgehead atoms. The maximum atomic E-state index is 13.2. The van der Waals surface area contributed by atoms with Gasteiger partial charge < -0.3 is 9.80 Å². The minimum Gasteiger partial charge on any atom is -0.341 e. The van der Waals surface area contributed by atoms with Gasteiger partial charge in [-0.25, -0.2) is 9.97 Å². The molecule has 4 aliphatic rings. The molecule has 38 heavy (non-hydrogen) atoms. The Balaban J connectivity index is 1.08. The van der Waals surface area contributed by atoms with Crippen LogP contribution in [0, 0.1) is 25.7 Å². The minimum atomic E-state index is 0.00825. The van der Waals surface area contributed by atoms with Crippen molar-refractivity contribution >= 4 is 11.8 Å². The van der Waals surface area contributed by atoms with Crippen LogP contribution in [0.15, 0.2) is 48.4 Å². The van der Waals surface area contributed by atoms with E-state index in [4.69, 9.17) is 0 Å². The monoisotopic (exact) mass is 513 g/mol. The molecule has 1 unspecified atom stereocenters. The molecule has 0 radical (unpaired) electrons. The van der Waals surface area contributed by atoms with E-state index < -0.39 is 0 Å². The SMILES string of the molecule is Cc1ncnc(C)c1C(=O)N1C=C2CN(CCC3(c4ccccc4)CN(C(=O)CC4CCCC4)C3)CC2C1. The number of aromatic nitrogens is 2. The van der Waals surface area contributed by atoms with Gasteiger partial charge in [0.25, 0.3) is 5.91 Å². The number of nitrogens with zero attached hydrogens (tertiary/aromatic N) is 5. The van der Waals surface area contributed by atoms with E-state index in [0.717, 1.165) is 63.5 Å². The highest BCUT2D eigenvalue weighted by atomic mass is 16.2. The standard InChI is InChI=1S/C31H39N5O2/c1-22-29(23(2)33-21-32-22)30(38)35-17-25-15-34(16-26(25)18-35)13-12-31(27-10-4-3-5-11-27)19-36(20-31)28(37)14-24-8-6-7-9-24/h3-5,10-11,17,21,24,26H,6-9,12-16,18-20H2,1-2H3. The van der Waals surface area contributed by atoms with Gasteiger partial charge in [0.1, 0.15) is 6.33 Å². The van der Waals surface area contributed by atoms with Crippen LogP contribution in [0.2, 0.25) is 0 Å². The number of hydrogen-bond acceptors (Lipinski definition) is 5. The topological polar surface area (TPSA) is 69.6 Å². The summed E-state index contributed by atoms with van der Waals surface area (Å²) in [5, 5.41) is 0. The van der Waals surface area contributed by atoms with Gasteiger partial charge >= 0.3 is 0 Å². The van der Waals surface area contributed by atoms with Gasteiger partial charge in [0.05, 0.1) is 17.0 Å². The Morgan fingerprint density at radius 2 is 1.71 bits per heavy atom. The largest absolute Gasteiger partial charge is 0.341 e. The lowest BCUT2D eigenvalue weighted by molar-refractivity contribution is -0.140. The van der Waals surface area contributed by atoms with Crippen molar-refractivity contribution in [3.05, 3.63) is 70.9 Å². The molecular weight excluding hydrogens is 474 g/mol. The van der Waals surface area contributed by atoms with Gasteiger partial charge in [0.2, 0.25) is 5.91 Å². The molecule has 4 heterocycles. The zero-order valence-corrected chi connectivity index (χ0v) is 22.7. The second-order valence-corrected chi connectivity index (χ2v) is 12.0. The third kappa shape index (κ3) is 4.77. The first-order valence-electron chi connectivity index (χ1n) is 14.3. The van der Waals surface area contributed by atoms with Crippen LogP contribution in [0.25, 0.3) is 0 Å². The lowest BCUT2D eigenvalue weighted by Crippen LogP contribution is -2.62. The fourth-order valence-corrected chi connectivity index (χ4v) is 7.15. The number of amides is 2. The number of carbonyl (C=O) groups is 2. The van der Waals surface area contributed by atoms with Crippen LogP contribution < -0.4 is 0 Å². The van der Waals surface area contributed by atoms with Gasteiger partial charge in [-0.1, -0.05) is 43.2 Å². The lowest BCUT2D eigenvalue weighted by Gasteiger charge is -2.51. The highest BCUT2D eigenvalue weighted by molar-refractivity contribution is 5.97. The Hall–Kier alpha value is -3.06. The summed E-state index contributed by atoms with van der Waals surface area (Å²) in [6, 6.07) is 10.8. The fourth-order valence-electron chi connectivity index (χ4n) is 7.15. The molecule has 1 aromatic carbocycles. The fraction of sp³-hybridized carbons (Fsp3) is 0.548. The first-order valence-corrected chi connectivity index (χ1v) is 14.3. The molecule has 2 saturated heterocycles. The van der Waals surface area contributed by atoms with Crippen LogP contribution in [0.4, 0.5) is 0 Å². The van der Waals surface area contributed by atoms with Crippen LogP contribution >= 0.6 is 0 Å². The number of fused-ring (bicyclic) bond motifs is 1. The molecule has 7 heteroatoms. The van der Waals surface area contributed by atoms with Gasteiger partial charge in [-0.15, -0.1) is 0 Å². The molecule has 1 aromatic heterocycles. The molecule has 6 rings (SSSR count). The van der Waals surface area contributed by atoms with E-state index in [-0.39, 0.29) is 11.3 Å². The van der Waals surface area contributed by atoms with Crippen LogP contribution in [0.3, 0.4) is 0 Å². The molecule has 3 aliphatic heterocycles. The molecule has 2 aromatic rings. The number of hydrogen-bond donors (Lipinski definition) is 0. The Kier molecular flexibility index (Phi) is 6.81. The third-order valence-corrected chi connectivity index (χ3v) is 9.42. The number of aryl methyl sites for hydroxylation is 2. The van der Waals surface area contributed by atoms with Crippen molar-refractivity contribution in [3.8, 4) is 0 Å². The van der Waals surface area contributed by atoms with E-state index in [0.29, 0.717) is 23.3 Å². The number of rotatable bonds is 7. The van der Waals surface area contributed by atoms with Crippen molar-refractivity contribution in [1.82, 2.24) is 24.7 Å². The Labute approximate surface area is 225 Å². The Morgan fingerprint density at radius 1 is 1.00 bits per heavy atom. The summed E-state index contributed by atoms with van der Waals surface area (Å²) in [4.78, 5) is 41.2. The molecular formula is C31H39N5O2. The molecule has 2 amide bonds. The van der Waals surface area contributed by atoms with E-state index in [2.05, 4.69) is 56.3 Å². The first kappa shape index (κ1) is 25.2. The van der Waals surface area contributed by atoms with Crippen LogP contribution in [0.5, 0.6) is 0 Å². The van der Waals surface area contributed by atoms with E-state index in [1.54, 1.807) is 0 Å². The normalized spacial score (nSPS) is 22.9. The maximum Gasteiger partial charge on any atom is 0.261 e. The average molecular weight is 514 g/mol. The van der Waals surface area contributed by atoms with Gasteiger partial charge in [-0.2, -0.15) is 0 Å². The van der Waals surface area contributed by atoms with Gasteiger partial charge in [0.15, 0.2) is 0 Å². The van der Waals surface area contributed by atoms with Crippen molar-refractivity contribution in [2.24, 2.45) is 11.8 Å². The highest BCUT2D eigenvalue weighted by Crippen LogP contribution is 2.40. The highest BCUT2D eigenvalue weighted by Gasteiger charge is 2.47. The third-order valence-electron chi connectivity index (χ3n) is 9.42. The zero-order chi connectivity index (χ0) is 26.3. The number of benzene rings is 1. The predicted octanol–water partition coefficient (Wildman–Crippen LogP) is 4.12. The van der Waals surface area contributed by atoms with Gasteiger partial charge in [0, 0.05) is 56.7 Å². The minimum absolute atomic E-state index is 0.00825. The summed E-state index contributed by atoms with van der Waals surface area (Å²) in [5.74, 6) is 1.35. The smallest absolute Gasteiger partial charge is 0.261 e. The Morgan fingerprint density at radius 3 is 2.39 bits per heavy atom. The summed E-state index contributed by atoms with van der Waals surface area (Å²) in [5.41, 5.74) is 4.85. The summed E-state index contributed by atoms with van der Waals surface area (Å²) in [6.45, 7) is 9.05. The summed E-state index contributed by atoms with van der Waals surface area (Å²) in [7, 11) is 0. The van der Waals surface area contributed by atoms with Crippen LogP contribution in [0.1, 0.15) is 65.8 Å². The molecule has 200 valence electrons. The van der Waals surface area contributed by atoms with Crippen molar-refractivity contribution in [2.75, 3.05) is 39.3 Å². The van der Waals surface area contributed by atoms with Crippen LogP contribution in [-0.2, 0) is 10.2 Å². The zero-order valence-electron chi connectivity index (χ0n) is 22.7. The molecule has 0 N–H and O–H groups in total. The van der Waals surface area contributed by atoms with E-state index in [9.17, 15) is 9.59 Å². The molecule has 1 aliphatic carbocycles. The van der Waals surface area contributed by atoms with Gasteiger partial charge in [-0.3, -0.25) is 14.5 Å². The predicted molar refractivity (Wildman–Crippen MR) is 146 cm³/mol. The summed E-state index contributed by atoms with van der Waals surface area (Å²) in [6.07, 6.45) is 10.4. The average Bonchev–Trinajstić information content (AvgIpc) is 3.61. The Bertz CT molecular complexity index is 1210. The van der Waals surface area contributed by atoms with E-state index in [1.807, 2.05) is 18.7 Å².